The third-order valence-corrected chi connectivity index (χ3v) is 3.17. The minimum atomic E-state index is -0.161. The van der Waals surface area contributed by atoms with E-state index in [1.807, 2.05) is 37.6 Å². The van der Waals surface area contributed by atoms with E-state index in [0.29, 0.717) is 0 Å². The number of hydrazone groups is 1. The molecule has 2 rings (SSSR count). The fourth-order valence-corrected chi connectivity index (χ4v) is 2.07. The van der Waals surface area contributed by atoms with Crippen LogP contribution in [0.2, 0.25) is 0 Å². The molecule has 1 amide bonds. The molecule has 18 heavy (non-hydrogen) atoms. The summed E-state index contributed by atoms with van der Waals surface area (Å²) in [5.41, 5.74) is 4.93. The number of carbonyl (C=O) groups excluding carboxylic acids is 1. The Morgan fingerprint density at radius 2 is 2.44 bits per heavy atom. The third kappa shape index (κ3) is 3.27. The Hall–Kier alpha value is -1.95. The van der Waals surface area contributed by atoms with E-state index in [4.69, 9.17) is 0 Å². The number of hydrogen-bond acceptors (Lipinski definition) is 4. The van der Waals surface area contributed by atoms with Crippen molar-refractivity contribution in [2.75, 3.05) is 0 Å². The number of nitrogens with zero attached hydrogens (tertiary/aromatic N) is 2. The number of aryl methyl sites for hydroxylation is 1. The van der Waals surface area contributed by atoms with E-state index in [-0.39, 0.29) is 12.3 Å². The highest BCUT2D eigenvalue weighted by molar-refractivity contribution is 7.09. The normalized spacial score (nSPS) is 11.6. The number of H-pyrrole nitrogens is 1. The lowest BCUT2D eigenvalue weighted by atomic mass is 10.3. The van der Waals surface area contributed by atoms with Crippen molar-refractivity contribution in [1.29, 1.82) is 0 Å². The molecule has 0 fully saturated rings. The van der Waals surface area contributed by atoms with Gasteiger partial charge in [0.05, 0.1) is 28.5 Å². The molecule has 0 saturated heterocycles. The smallest absolute Gasteiger partial charge is 0.246 e. The number of amides is 1. The molecule has 0 aliphatic carbocycles. The number of thiazole rings is 1. The van der Waals surface area contributed by atoms with Crippen molar-refractivity contribution in [2.24, 2.45) is 5.10 Å². The number of nitrogens with one attached hydrogen (secondary N) is 2. The summed E-state index contributed by atoms with van der Waals surface area (Å²) >= 11 is 1.54. The molecule has 0 aliphatic rings. The molecule has 94 valence electrons. The fraction of sp³-hybridized carbons (Fsp3) is 0.250. The first-order valence-corrected chi connectivity index (χ1v) is 6.41. The van der Waals surface area contributed by atoms with Gasteiger partial charge in [0.2, 0.25) is 5.91 Å². The van der Waals surface area contributed by atoms with Crippen LogP contribution in [-0.4, -0.2) is 21.6 Å². The van der Waals surface area contributed by atoms with Crippen molar-refractivity contribution >= 4 is 23.0 Å². The first-order valence-electron chi connectivity index (χ1n) is 5.53. The zero-order valence-corrected chi connectivity index (χ0v) is 11.0. The van der Waals surface area contributed by atoms with E-state index in [9.17, 15) is 4.79 Å². The average Bonchev–Trinajstić information content (AvgIpc) is 2.97. The molecular formula is C12H14N4OS. The van der Waals surface area contributed by atoms with Gasteiger partial charge in [-0.1, -0.05) is 0 Å². The summed E-state index contributed by atoms with van der Waals surface area (Å²) in [6.45, 7) is 3.75. The summed E-state index contributed by atoms with van der Waals surface area (Å²) < 4.78 is 0. The number of carbonyl (C=O) groups is 1. The Morgan fingerprint density at radius 3 is 3.06 bits per heavy atom. The van der Waals surface area contributed by atoms with Crippen molar-refractivity contribution in [3.8, 4) is 0 Å². The largest absolute Gasteiger partial charge is 0.360 e. The second kappa shape index (κ2) is 5.59. The Balaban J connectivity index is 1.90. The molecule has 0 spiro atoms. The summed E-state index contributed by atoms with van der Waals surface area (Å²) in [6, 6.07) is 3.78. The SMILES string of the molecule is C/C(=N\NC(=O)Cc1csc(C)n1)c1ccc[nH]1. The maximum Gasteiger partial charge on any atom is 0.246 e. The first kappa shape index (κ1) is 12.5. The van der Waals surface area contributed by atoms with Crippen LogP contribution < -0.4 is 5.43 Å². The zero-order chi connectivity index (χ0) is 13.0. The van der Waals surface area contributed by atoms with E-state index >= 15 is 0 Å². The Labute approximate surface area is 109 Å². The van der Waals surface area contributed by atoms with Crippen molar-refractivity contribution in [3.63, 3.8) is 0 Å². The van der Waals surface area contributed by atoms with Gasteiger partial charge in [0.15, 0.2) is 0 Å². The number of hydrogen-bond donors (Lipinski definition) is 2. The topological polar surface area (TPSA) is 70.1 Å². The lowest BCUT2D eigenvalue weighted by Crippen LogP contribution is -2.21. The maximum absolute atomic E-state index is 11.6. The highest BCUT2D eigenvalue weighted by Crippen LogP contribution is 2.08. The van der Waals surface area contributed by atoms with Gasteiger partial charge in [0, 0.05) is 11.6 Å². The van der Waals surface area contributed by atoms with Gasteiger partial charge in [0.1, 0.15) is 0 Å². The van der Waals surface area contributed by atoms with Crippen LogP contribution in [0.25, 0.3) is 0 Å². The van der Waals surface area contributed by atoms with Gasteiger partial charge < -0.3 is 4.98 Å². The molecule has 6 heteroatoms. The molecule has 2 aromatic rings. The molecule has 0 aliphatic heterocycles. The highest BCUT2D eigenvalue weighted by atomic mass is 32.1. The van der Waals surface area contributed by atoms with Crippen LogP contribution in [0.3, 0.4) is 0 Å². The highest BCUT2D eigenvalue weighted by Gasteiger charge is 2.06. The van der Waals surface area contributed by atoms with Crippen LogP contribution >= 0.6 is 11.3 Å². The Morgan fingerprint density at radius 1 is 1.61 bits per heavy atom. The van der Waals surface area contributed by atoms with Crippen LogP contribution in [0, 0.1) is 6.92 Å². The van der Waals surface area contributed by atoms with E-state index < -0.39 is 0 Å². The first-order chi connectivity index (χ1) is 8.65. The zero-order valence-electron chi connectivity index (χ0n) is 10.2. The summed E-state index contributed by atoms with van der Waals surface area (Å²) in [4.78, 5) is 18.9. The van der Waals surface area contributed by atoms with Gasteiger partial charge in [-0.2, -0.15) is 5.10 Å². The van der Waals surface area contributed by atoms with Gasteiger partial charge in [-0.3, -0.25) is 4.79 Å². The molecule has 0 saturated carbocycles. The second-order valence-corrected chi connectivity index (χ2v) is 4.91. The van der Waals surface area contributed by atoms with Gasteiger partial charge in [-0.25, -0.2) is 10.4 Å². The monoisotopic (exact) mass is 262 g/mol. The predicted molar refractivity (Wildman–Crippen MR) is 71.7 cm³/mol. The quantitative estimate of drug-likeness (QED) is 0.652. The molecule has 5 nitrogen and oxygen atoms in total. The number of aromatic amines is 1. The summed E-state index contributed by atoms with van der Waals surface area (Å²) in [6.07, 6.45) is 2.07. The standard InChI is InChI=1S/C12H14N4OS/c1-8(11-4-3-5-13-11)15-16-12(17)6-10-7-18-9(2)14-10/h3-5,7,13H,6H2,1-2H3,(H,16,17)/b15-8+. The van der Waals surface area contributed by atoms with Crippen LogP contribution in [-0.2, 0) is 11.2 Å². The van der Waals surface area contributed by atoms with E-state index in [2.05, 4.69) is 20.5 Å². The van der Waals surface area contributed by atoms with E-state index in [0.717, 1.165) is 22.1 Å². The molecule has 0 aromatic carbocycles. The fourth-order valence-electron chi connectivity index (χ4n) is 1.46. The lowest BCUT2D eigenvalue weighted by Gasteiger charge is -1.99. The van der Waals surface area contributed by atoms with Crippen molar-refractivity contribution in [2.45, 2.75) is 20.3 Å². The van der Waals surface area contributed by atoms with Crippen LogP contribution in [0.5, 0.6) is 0 Å². The van der Waals surface area contributed by atoms with Crippen molar-refractivity contribution < 1.29 is 4.79 Å². The molecule has 2 heterocycles. The summed E-state index contributed by atoms with van der Waals surface area (Å²) in [7, 11) is 0. The summed E-state index contributed by atoms with van der Waals surface area (Å²) in [5, 5.41) is 6.88. The molecular weight excluding hydrogens is 248 g/mol. The Kier molecular flexibility index (Phi) is 3.88. The maximum atomic E-state index is 11.6. The van der Waals surface area contributed by atoms with E-state index in [1.54, 1.807) is 0 Å². The molecule has 0 unspecified atom stereocenters. The van der Waals surface area contributed by atoms with E-state index in [1.165, 1.54) is 11.3 Å². The molecule has 2 N–H and O–H groups in total. The van der Waals surface area contributed by atoms with Gasteiger partial charge in [-0.05, 0) is 26.0 Å². The van der Waals surface area contributed by atoms with Crippen LogP contribution in [0.1, 0.15) is 23.3 Å². The van der Waals surface area contributed by atoms with Gasteiger partial charge >= 0.3 is 0 Å². The second-order valence-electron chi connectivity index (χ2n) is 3.85. The molecule has 0 bridgehead atoms. The average molecular weight is 262 g/mol. The van der Waals surface area contributed by atoms with Gasteiger partial charge in [-0.15, -0.1) is 11.3 Å². The lowest BCUT2D eigenvalue weighted by molar-refractivity contribution is -0.120. The molecule has 2 aromatic heterocycles. The number of rotatable bonds is 4. The van der Waals surface area contributed by atoms with Gasteiger partial charge in [0.25, 0.3) is 0 Å². The summed E-state index contributed by atoms with van der Waals surface area (Å²) in [5.74, 6) is -0.161. The van der Waals surface area contributed by atoms with Crippen LogP contribution in [0.4, 0.5) is 0 Å². The third-order valence-electron chi connectivity index (χ3n) is 2.34. The van der Waals surface area contributed by atoms with Crippen LogP contribution in [0.15, 0.2) is 28.8 Å². The minimum absolute atomic E-state index is 0.161. The minimum Gasteiger partial charge on any atom is -0.360 e. The number of aromatic nitrogens is 2. The molecule has 0 radical (unpaired) electrons. The molecule has 0 atom stereocenters. The van der Waals surface area contributed by atoms with Crippen molar-refractivity contribution in [3.05, 3.63) is 40.1 Å². The van der Waals surface area contributed by atoms with Crippen molar-refractivity contribution in [1.82, 2.24) is 15.4 Å². The Bertz CT molecular complexity index is 556. The predicted octanol–water partition coefficient (Wildman–Crippen LogP) is 1.86.